The topological polar surface area (TPSA) is 49.6 Å². The quantitative estimate of drug-likeness (QED) is 0.818. The number of amides is 1. The fourth-order valence-electron chi connectivity index (χ4n) is 2.24. The van der Waals surface area contributed by atoms with Gasteiger partial charge in [0.25, 0.3) is 5.91 Å². The molecule has 1 fully saturated rings. The number of carbonyl (C=O) groups is 1. The van der Waals surface area contributed by atoms with Crippen LogP contribution in [-0.2, 0) is 0 Å². The Kier molecular flexibility index (Phi) is 4.01. The molecule has 1 aromatic heterocycles. The van der Waals surface area contributed by atoms with Crippen LogP contribution in [0.15, 0.2) is 10.8 Å². The maximum atomic E-state index is 12.4. The zero-order valence-corrected chi connectivity index (χ0v) is 11.3. The second-order valence-electron chi connectivity index (χ2n) is 4.95. The number of rotatable bonds is 3. The molecule has 2 rings (SSSR count). The fourth-order valence-corrected chi connectivity index (χ4v) is 2.24. The van der Waals surface area contributed by atoms with Gasteiger partial charge in [-0.2, -0.15) is 0 Å². The molecule has 0 bridgehead atoms. The highest BCUT2D eigenvalue weighted by atomic mass is 16.3. The molecule has 5 nitrogen and oxygen atoms in total. The summed E-state index contributed by atoms with van der Waals surface area (Å²) in [6, 6.07) is 0. The molecule has 1 amide bonds. The zero-order chi connectivity index (χ0) is 13.1. The van der Waals surface area contributed by atoms with Crippen LogP contribution in [0.25, 0.3) is 0 Å². The Balaban J connectivity index is 2.06. The molecule has 18 heavy (non-hydrogen) atoms. The lowest BCUT2D eigenvalue weighted by Crippen LogP contribution is -2.48. The highest BCUT2D eigenvalue weighted by molar-refractivity contribution is 5.92. The summed E-state index contributed by atoms with van der Waals surface area (Å²) in [6.45, 7) is 10.6. The molecular weight excluding hydrogens is 230 g/mol. The first-order chi connectivity index (χ1) is 8.63. The average Bonchev–Trinajstić information content (AvgIpc) is 2.87. The maximum absolute atomic E-state index is 12.4. The van der Waals surface area contributed by atoms with Gasteiger partial charge < -0.3 is 14.2 Å². The molecule has 0 spiro atoms. The van der Waals surface area contributed by atoms with Crippen molar-refractivity contribution in [2.45, 2.75) is 26.7 Å². The van der Waals surface area contributed by atoms with Crippen molar-refractivity contribution < 1.29 is 9.21 Å². The van der Waals surface area contributed by atoms with Crippen LogP contribution >= 0.6 is 0 Å². The minimum atomic E-state index is -0.0213. The molecular formula is C13H21N3O2. The summed E-state index contributed by atoms with van der Waals surface area (Å²) in [6.07, 6.45) is 1.37. The summed E-state index contributed by atoms with van der Waals surface area (Å²) in [5.74, 6) is 0.599. The first kappa shape index (κ1) is 13.1. The third kappa shape index (κ3) is 2.56. The Labute approximate surface area is 108 Å². The van der Waals surface area contributed by atoms with Crippen molar-refractivity contribution in [3.63, 3.8) is 0 Å². The van der Waals surface area contributed by atoms with Crippen molar-refractivity contribution >= 4 is 5.91 Å². The molecule has 5 heteroatoms. The number of oxazole rings is 1. The van der Waals surface area contributed by atoms with Crippen molar-refractivity contribution in [1.29, 1.82) is 0 Å². The molecule has 1 aliphatic heterocycles. The lowest BCUT2D eigenvalue weighted by atomic mass is 10.1. The first-order valence-electron chi connectivity index (χ1n) is 6.58. The normalized spacial score (nSPS) is 17.4. The Hall–Kier alpha value is -1.36. The van der Waals surface area contributed by atoms with E-state index in [0.717, 1.165) is 38.4 Å². The monoisotopic (exact) mass is 251 g/mol. The summed E-state index contributed by atoms with van der Waals surface area (Å²) in [4.78, 5) is 20.7. The number of nitrogens with zero attached hydrogens (tertiary/aromatic N) is 3. The molecule has 0 unspecified atom stereocenters. The van der Waals surface area contributed by atoms with Crippen LogP contribution < -0.4 is 0 Å². The Morgan fingerprint density at radius 3 is 2.61 bits per heavy atom. The molecule has 2 heterocycles. The van der Waals surface area contributed by atoms with Gasteiger partial charge in [0.1, 0.15) is 0 Å². The van der Waals surface area contributed by atoms with E-state index >= 15 is 0 Å². The Morgan fingerprint density at radius 1 is 1.39 bits per heavy atom. The molecule has 0 saturated carbocycles. The lowest BCUT2D eigenvalue weighted by molar-refractivity contribution is 0.0610. The molecule has 1 aliphatic rings. The van der Waals surface area contributed by atoms with Gasteiger partial charge in [0.15, 0.2) is 6.39 Å². The summed E-state index contributed by atoms with van der Waals surface area (Å²) < 4.78 is 5.28. The van der Waals surface area contributed by atoms with E-state index in [-0.39, 0.29) is 11.8 Å². The predicted octanol–water partition coefficient (Wildman–Crippen LogP) is 1.58. The van der Waals surface area contributed by atoms with Gasteiger partial charge in [-0.3, -0.25) is 4.79 Å². The minimum absolute atomic E-state index is 0.0213. The summed E-state index contributed by atoms with van der Waals surface area (Å²) in [5.41, 5.74) is 0.762. The standard InChI is InChI=1S/C13H21N3O2/c1-4-15-5-7-16(8-6-15)13(17)12-11(10(2)3)14-9-18-12/h9-10H,4-8H2,1-3H3. The van der Waals surface area contributed by atoms with E-state index in [1.807, 2.05) is 18.7 Å². The molecule has 1 aromatic rings. The maximum Gasteiger partial charge on any atom is 0.291 e. The number of carbonyl (C=O) groups excluding carboxylic acids is 1. The fraction of sp³-hybridized carbons (Fsp3) is 0.692. The highest BCUT2D eigenvalue weighted by Crippen LogP contribution is 2.19. The number of piperazine rings is 1. The van der Waals surface area contributed by atoms with Crippen LogP contribution in [0.2, 0.25) is 0 Å². The van der Waals surface area contributed by atoms with Gasteiger partial charge >= 0.3 is 0 Å². The molecule has 0 aliphatic carbocycles. The lowest BCUT2D eigenvalue weighted by Gasteiger charge is -2.33. The van der Waals surface area contributed by atoms with Crippen molar-refractivity contribution in [3.8, 4) is 0 Å². The van der Waals surface area contributed by atoms with E-state index in [2.05, 4.69) is 16.8 Å². The molecule has 0 radical (unpaired) electrons. The van der Waals surface area contributed by atoms with Crippen molar-refractivity contribution in [2.24, 2.45) is 0 Å². The van der Waals surface area contributed by atoms with E-state index in [1.54, 1.807) is 0 Å². The Bertz CT molecular complexity index is 406. The summed E-state index contributed by atoms with van der Waals surface area (Å²) >= 11 is 0. The zero-order valence-electron chi connectivity index (χ0n) is 11.3. The largest absolute Gasteiger partial charge is 0.438 e. The van der Waals surface area contributed by atoms with E-state index in [9.17, 15) is 4.79 Å². The van der Waals surface area contributed by atoms with E-state index in [0.29, 0.717) is 5.76 Å². The van der Waals surface area contributed by atoms with Gasteiger partial charge in [-0.25, -0.2) is 4.98 Å². The summed E-state index contributed by atoms with van der Waals surface area (Å²) in [5, 5.41) is 0. The van der Waals surface area contributed by atoms with Crippen molar-refractivity contribution in [1.82, 2.24) is 14.8 Å². The van der Waals surface area contributed by atoms with E-state index in [1.165, 1.54) is 6.39 Å². The molecule has 100 valence electrons. The average molecular weight is 251 g/mol. The molecule has 0 aromatic carbocycles. The Morgan fingerprint density at radius 2 is 2.06 bits per heavy atom. The smallest absolute Gasteiger partial charge is 0.291 e. The summed E-state index contributed by atoms with van der Waals surface area (Å²) in [7, 11) is 0. The van der Waals surface area contributed by atoms with Gasteiger partial charge in [-0.15, -0.1) is 0 Å². The number of hydrogen-bond acceptors (Lipinski definition) is 4. The van der Waals surface area contributed by atoms with Gasteiger partial charge in [0.2, 0.25) is 5.76 Å². The molecule has 1 saturated heterocycles. The molecule has 0 atom stereocenters. The predicted molar refractivity (Wildman–Crippen MR) is 68.6 cm³/mol. The van der Waals surface area contributed by atoms with Crippen LogP contribution in [-0.4, -0.2) is 53.4 Å². The van der Waals surface area contributed by atoms with Gasteiger partial charge in [0, 0.05) is 26.2 Å². The molecule has 0 N–H and O–H groups in total. The van der Waals surface area contributed by atoms with E-state index < -0.39 is 0 Å². The third-order valence-electron chi connectivity index (χ3n) is 3.44. The SMILES string of the molecule is CCN1CCN(C(=O)c2ocnc2C(C)C)CC1. The minimum Gasteiger partial charge on any atom is -0.438 e. The van der Waals surface area contributed by atoms with E-state index in [4.69, 9.17) is 4.42 Å². The second-order valence-corrected chi connectivity index (χ2v) is 4.95. The van der Waals surface area contributed by atoms with Crippen LogP contribution in [0.5, 0.6) is 0 Å². The highest BCUT2D eigenvalue weighted by Gasteiger charge is 2.27. The van der Waals surface area contributed by atoms with Crippen LogP contribution in [0, 0.1) is 0 Å². The van der Waals surface area contributed by atoms with Crippen LogP contribution in [0.3, 0.4) is 0 Å². The van der Waals surface area contributed by atoms with Crippen LogP contribution in [0.4, 0.5) is 0 Å². The third-order valence-corrected chi connectivity index (χ3v) is 3.44. The number of hydrogen-bond donors (Lipinski definition) is 0. The number of aromatic nitrogens is 1. The van der Waals surface area contributed by atoms with Gasteiger partial charge in [-0.05, 0) is 12.5 Å². The number of likely N-dealkylation sites (N-methyl/N-ethyl adjacent to an activating group) is 1. The second kappa shape index (κ2) is 5.52. The first-order valence-corrected chi connectivity index (χ1v) is 6.58. The van der Waals surface area contributed by atoms with Gasteiger partial charge in [-0.1, -0.05) is 20.8 Å². The van der Waals surface area contributed by atoms with Gasteiger partial charge in [0.05, 0.1) is 5.69 Å². The van der Waals surface area contributed by atoms with Crippen LogP contribution in [0.1, 0.15) is 42.9 Å². The van der Waals surface area contributed by atoms with Crippen molar-refractivity contribution in [2.75, 3.05) is 32.7 Å². The van der Waals surface area contributed by atoms with Crippen molar-refractivity contribution in [3.05, 3.63) is 17.8 Å².